The average Bonchev–Trinajstić information content (AvgIpc) is 3.83. The van der Waals surface area contributed by atoms with Crippen molar-refractivity contribution < 1.29 is 8.83 Å². The third-order valence-corrected chi connectivity index (χ3v) is 11.0. The Kier molecular flexibility index (Phi) is 5.26. The van der Waals surface area contributed by atoms with Gasteiger partial charge < -0.3 is 13.7 Å². The van der Waals surface area contributed by atoms with Gasteiger partial charge in [0, 0.05) is 65.2 Å². The molecule has 0 N–H and O–H groups in total. The molecule has 0 fully saturated rings. The van der Waals surface area contributed by atoms with Crippen LogP contribution in [0.5, 0.6) is 0 Å². The number of hydrogen-bond acceptors (Lipinski definition) is 4. The summed E-state index contributed by atoms with van der Waals surface area (Å²) in [7, 11) is 0. The lowest BCUT2D eigenvalue weighted by molar-refractivity contribution is 0.672. The molecule has 0 aliphatic rings. The Morgan fingerprint density at radius 2 is 1.08 bits per heavy atom. The summed E-state index contributed by atoms with van der Waals surface area (Å²) < 4.78 is 15.7. The van der Waals surface area contributed by atoms with Crippen molar-refractivity contribution in [2.75, 3.05) is 4.90 Å². The highest BCUT2D eigenvalue weighted by molar-refractivity contribution is 7.26. The molecule has 3 heterocycles. The maximum Gasteiger partial charge on any atom is 0.143 e. The highest BCUT2D eigenvalue weighted by Gasteiger charge is 2.22. The predicted molar refractivity (Wildman–Crippen MR) is 204 cm³/mol. The summed E-state index contributed by atoms with van der Waals surface area (Å²) in [5, 5.41) is 11.7. The van der Waals surface area contributed by atoms with Crippen molar-refractivity contribution in [1.29, 1.82) is 0 Å². The summed E-state index contributed by atoms with van der Waals surface area (Å²) in [5.74, 6) is 0. The Labute approximate surface area is 278 Å². The molecular weight excluding hydrogens is 607 g/mol. The van der Waals surface area contributed by atoms with E-state index < -0.39 is 0 Å². The molecule has 8 aromatic carbocycles. The molecule has 0 radical (unpaired) electrons. The fraction of sp³-hybridized carbons (Fsp3) is 0. The Balaban J connectivity index is 1.18. The number of rotatable bonds is 3. The number of anilines is 3. The van der Waals surface area contributed by atoms with Crippen molar-refractivity contribution >= 4 is 114 Å². The predicted octanol–water partition coefficient (Wildman–Crippen LogP) is 13.6. The molecule has 48 heavy (non-hydrogen) atoms. The average molecular weight is 632 g/mol. The zero-order valence-electron chi connectivity index (χ0n) is 25.6. The second-order valence-electron chi connectivity index (χ2n) is 12.5. The van der Waals surface area contributed by atoms with Crippen LogP contribution in [0.15, 0.2) is 160 Å². The molecule has 0 bridgehead atoms. The summed E-state index contributed by atoms with van der Waals surface area (Å²) in [4.78, 5) is 2.36. The number of thiophene rings is 1. The highest BCUT2D eigenvalue weighted by atomic mass is 32.1. The van der Waals surface area contributed by atoms with Crippen LogP contribution in [-0.2, 0) is 0 Å². The summed E-state index contributed by atoms with van der Waals surface area (Å²) in [6, 6.07) is 53.9. The number of nitrogens with zero attached hydrogens (tertiary/aromatic N) is 1. The number of para-hydroxylation sites is 1. The van der Waals surface area contributed by atoms with Gasteiger partial charge in [0.1, 0.15) is 22.3 Å². The third-order valence-electron chi connectivity index (χ3n) is 9.83. The number of benzene rings is 8. The molecule has 0 aliphatic heterocycles. The molecule has 3 aromatic heterocycles. The van der Waals surface area contributed by atoms with Gasteiger partial charge in [0.05, 0.1) is 10.4 Å². The van der Waals surface area contributed by atoms with Crippen LogP contribution >= 0.6 is 11.3 Å². The third kappa shape index (κ3) is 3.58. The van der Waals surface area contributed by atoms with E-state index >= 15 is 0 Å². The van der Waals surface area contributed by atoms with Crippen molar-refractivity contribution in [2.24, 2.45) is 0 Å². The molecule has 0 unspecified atom stereocenters. The summed E-state index contributed by atoms with van der Waals surface area (Å²) in [6.07, 6.45) is 0. The molecule has 0 amide bonds. The molecule has 3 nitrogen and oxygen atoms in total. The minimum atomic E-state index is 0.877. The Bertz CT molecular complexity index is 3070. The summed E-state index contributed by atoms with van der Waals surface area (Å²) in [5.41, 5.74) is 6.95. The van der Waals surface area contributed by atoms with Gasteiger partial charge >= 0.3 is 0 Å². The molecular formula is C44H25NO2S. The van der Waals surface area contributed by atoms with Crippen molar-refractivity contribution in [2.45, 2.75) is 0 Å². The Morgan fingerprint density at radius 3 is 1.90 bits per heavy atom. The zero-order chi connectivity index (χ0) is 31.3. The maximum atomic E-state index is 6.64. The second kappa shape index (κ2) is 9.71. The normalized spacial score (nSPS) is 12.2. The summed E-state index contributed by atoms with van der Waals surface area (Å²) >= 11 is 1.84. The van der Waals surface area contributed by atoms with E-state index in [0.29, 0.717) is 0 Å². The fourth-order valence-corrected chi connectivity index (χ4v) is 8.89. The highest BCUT2D eigenvalue weighted by Crippen LogP contribution is 2.49. The first-order valence-electron chi connectivity index (χ1n) is 16.2. The lowest BCUT2D eigenvalue weighted by atomic mass is 10.0. The van der Waals surface area contributed by atoms with E-state index in [1.54, 1.807) is 0 Å². The van der Waals surface area contributed by atoms with Gasteiger partial charge in [-0.25, -0.2) is 0 Å². The van der Waals surface area contributed by atoms with Crippen molar-refractivity contribution in [3.63, 3.8) is 0 Å². The molecule has 0 atom stereocenters. The number of hydrogen-bond donors (Lipinski definition) is 0. The molecule has 11 aromatic rings. The smallest absolute Gasteiger partial charge is 0.143 e. The zero-order valence-corrected chi connectivity index (χ0v) is 26.4. The molecule has 4 heteroatoms. The lowest BCUT2D eigenvalue weighted by Crippen LogP contribution is -2.09. The molecule has 11 rings (SSSR count). The SMILES string of the molecule is c1ccc(N(c2ccc3c(c2)oc2c4ccccc4ccc32)c2cccc3c2sc2ccc4oc5c6ccccc6ccc5c4c23)cc1. The van der Waals surface area contributed by atoms with E-state index in [2.05, 4.69) is 157 Å². The van der Waals surface area contributed by atoms with Crippen LogP contribution in [0.2, 0.25) is 0 Å². The van der Waals surface area contributed by atoms with Gasteiger partial charge in [0.15, 0.2) is 0 Å². The fourth-order valence-electron chi connectivity index (χ4n) is 7.68. The minimum Gasteiger partial charge on any atom is -0.455 e. The van der Waals surface area contributed by atoms with Crippen LogP contribution in [0.3, 0.4) is 0 Å². The molecule has 0 saturated heterocycles. The molecule has 0 spiro atoms. The van der Waals surface area contributed by atoms with Gasteiger partial charge in [-0.15, -0.1) is 11.3 Å². The lowest BCUT2D eigenvalue weighted by Gasteiger charge is -2.26. The minimum absolute atomic E-state index is 0.877. The molecule has 0 aliphatic carbocycles. The first kappa shape index (κ1) is 26.0. The van der Waals surface area contributed by atoms with Crippen LogP contribution in [-0.4, -0.2) is 0 Å². The van der Waals surface area contributed by atoms with Gasteiger partial charge in [-0.1, -0.05) is 91.0 Å². The van der Waals surface area contributed by atoms with E-state index in [-0.39, 0.29) is 0 Å². The van der Waals surface area contributed by atoms with Gasteiger partial charge in [-0.3, -0.25) is 0 Å². The first-order chi connectivity index (χ1) is 23.8. The monoisotopic (exact) mass is 631 g/mol. The maximum absolute atomic E-state index is 6.64. The van der Waals surface area contributed by atoms with Crippen LogP contribution in [0.4, 0.5) is 17.1 Å². The van der Waals surface area contributed by atoms with E-state index in [4.69, 9.17) is 8.83 Å². The van der Waals surface area contributed by atoms with E-state index in [1.807, 2.05) is 11.3 Å². The second-order valence-corrected chi connectivity index (χ2v) is 13.5. The first-order valence-corrected chi connectivity index (χ1v) is 17.0. The standard InChI is InChI=1S/C44H25NO2S/c1-2-11-28(12-3-1)45(29-19-22-32-33-20-17-26-9-4-6-13-30(26)42(33)47-38(32)25-29)36-16-8-15-35-41-39(48-44(35)36)24-23-37-40(41)34-21-18-27-10-5-7-14-31(27)43(34)46-37/h1-25H. The topological polar surface area (TPSA) is 29.5 Å². The molecule has 224 valence electrons. The summed E-state index contributed by atoms with van der Waals surface area (Å²) in [6.45, 7) is 0. The van der Waals surface area contributed by atoms with E-state index in [9.17, 15) is 0 Å². The Morgan fingerprint density at radius 1 is 0.417 bits per heavy atom. The largest absolute Gasteiger partial charge is 0.455 e. The number of furan rings is 2. The van der Waals surface area contributed by atoms with Gasteiger partial charge in [0.2, 0.25) is 0 Å². The van der Waals surface area contributed by atoms with E-state index in [1.165, 1.54) is 36.3 Å². The van der Waals surface area contributed by atoms with Crippen LogP contribution in [0.25, 0.3) is 85.6 Å². The van der Waals surface area contributed by atoms with Crippen LogP contribution in [0, 0.1) is 0 Å². The van der Waals surface area contributed by atoms with Gasteiger partial charge in [-0.05, 0) is 65.4 Å². The van der Waals surface area contributed by atoms with Crippen molar-refractivity contribution in [1.82, 2.24) is 0 Å². The Hall–Kier alpha value is -6.10. The molecule has 0 saturated carbocycles. The van der Waals surface area contributed by atoms with Crippen LogP contribution in [0.1, 0.15) is 0 Å². The van der Waals surface area contributed by atoms with E-state index in [0.717, 1.165) is 66.3 Å². The van der Waals surface area contributed by atoms with Crippen molar-refractivity contribution in [3.8, 4) is 0 Å². The van der Waals surface area contributed by atoms with Gasteiger partial charge in [-0.2, -0.15) is 0 Å². The quantitative estimate of drug-likeness (QED) is 0.194. The van der Waals surface area contributed by atoms with Crippen LogP contribution < -0.4 is 4.90 Å². The van der Waals surface area contributed by atoms with Gasteiger partial charge in [0.25, 0.3) is 0 Å². The number of fused-ring (bicyclic) bond motifs is 14. The van der Waals surface area contributed by atoms with Crippen molar-refractivity contribution in [3.05, 3.63) is 152 Å².